The lowest BCUT2D eigenvalue weighted by molar-refractivity contribution is -0.198. The van der Waals surface area contributed by atoms with E-state index in [-0.39, 0.29) is 12.2 Å². The third-order valence-electron chi connectivity index (χ3n) is 5.50. The van der Waals surface area contributed by atoms with Crippen LogP contribution in [0.4, 0.5) is 18.0 Å². The molecular formula is C20H21F3N4O2S. The zero-order valence-electron chi connectivity index (χ0n) is 16.1. The minimum Gasteiger partial charge on any atom is -0.312 e. The lowest BCUT2D eigenvalue weighted by Crippen LogP contribution is -2.56. The molecule has 2 fully saturated rings. The molecule has 0 spiro atoms. The molecule has 2 aromatic rings. The predicted octanol–water partition coefficient (Wildman–Crippen LogP) is 2.83. The van der Waals surface area contributed by atoms with E-state index in [1.807, 2.05) is 21.7 Å². The molecule has 1 unspecified atom stereocenters. The fourth-order valence-electron chi connectivity index (χ4n) is 3.86. The third-order valence-corrected chi connectivity index (χ3v) is 6.36. The number of urea groups is 1. The number of carbonyl (C=O) groups is 2. The van der Waals surface area contributed by atoms with Crippen molar-refractivity contribution in [1.29, 1.82) is 0 Å². The first kappa shape index (κ1) is 20.8. The maximum absolute atomic E-state index is 14.0. The molecule has 30 heavy (non-hydrogen) atoms. The Labute approximate surface area is 175 Å². The topological polar surface area (TPSA) is 55.9 Å². The smallest absolute Gasteiger partial charge is 0.312 e. The van der Waals surface area contributed by atoms with Gasteiger partial charge >= 0.3 is 12.2 Å². The van der Waals surface area contributed by atoms with Crippen molar-refractivity contribution in [1.82, 2.24) is 20.0 Å². The Balaban J connectivity index is 1.45. The van der Waals surface area contributed by atoms with E-state index in [0.717, 1.165) is 6.54 Å². The molecule has 6 nitrogen and oxygen atoms in total. The van der Waals surface area contributed by atoms with E-state index in [9.17, 15) is 22.8 Å². The summed E-state index contributed by atoms with van der Waals surface area (Å²) in [6.07, 6.45) is -4.96. The van der Waals surface area contributed by atoms with Gasteiger partial charge < -0.3 is 5.32 Å². The van der Waals surface area contributed by atoms with Gasteiger partial charge in [-0.2, -0.15) is 13.2 Å². The number of carbonyl (C=O) groups excluding carboxylic acids is 2. The van der Waals surface area contributed by atoms with Gasteiger partial charge in [-0.25, -0.2) is 9.69 Å². The number of thiophene rings is 1. The lowest BCUT2D eigenvalue weighted by atomic mass is 9.89. The van der Waals surface area contributed by atoms with Gasteiger partial charge in [-0.3, -0.25) is 14.6 Å². The molecule has 0 bridgehead atoms. The van der Waals surface area contributed by atoms with Crippen LogP contribution in [0.15, 0.2) is 47.8 Å². The van der Waals surface area contributed by atoms with Crippen molar-refractivity contribution in [2.45, 2.75) is 18.3 Å². The third kappa shape index (κ3) is 3.70. The van der Waals surface area contributed by atoms with Gasteiger partial charge in [0.25, 0.3) is 5.91 Å². The van der Waals surface area contributed by atoms with Gasteiger partial charge in [0.2, 0.25) is 5.54 Å². The van der Waals surface area contributed by atoms with E-state index < -0.39 is 23.7 Å². The number of amides is 3. The number of hydrogen-bond donors (Lipinski definition) is 1. The second-order valence-corrected chi connectivity index (χ2v) is 8.42. The van der Waals surface area contributed by atoms with Gasteiger partial charge in [0, 0.05) is 37.6 Å². The first-order chi connectivity index (χ1) is 14.3. The number of imide groups is 1. The number of rotatable bonds is 5. The van der Waals surface area contributed by atoms with Gasteiger partial charge in [-0.15, -0.1) is 11.3 Å². The van der Waals surface area contributed by atoms with Crippen LogP contribution in [0.3, 0.4) is 0 Å². The second kappa shape index (κ2) is 8.01. The van der Waals surface area contributed by atoms with Crippen LogP contribution in [0.1, 0.15) is 10.4 Å². The van der Waals surface area contributed by atoms with Crippen LogP contribution in [-0.2, 0) is 16.9 Å². The summed E-state index contributed by atoms with van der Waals surface area (Å²) in [6, 6.07) is 9.83. The van der Waals surface area contributed by atoms with Crippen LogP contribution in [0.25, 0.3) is 0 Å². The molecule has 1 aromatic carbocycles. The summed E-state index contributed by atoms with van der Waals surface area (Å²) < 4.78 is 42.1. The molecule has 1 atom stereocenters. The van der Waals surface area contributed by atoms with Crippen molar-refractivity contribution in [3.8, 4) is 0 Å². The van der Waals surface area contributed by atoms with Crippen molar-refractivity contribution in [3.63, 3.8) is 0 Å². The van der Waals surface area contributed by atoms with Gasteiger partial charge in [-0.05, 0) is 17.0 Å². The average molecular weight is 438 g/mol. The number of nitrogens with zero attached hydrogens (tertiary/aromatic N) is 3. The zero-order chi connectivity index (χ0) is 21.4. The fraction of sp³-hybridized carbons (Fsp3) is 0.400. The van der Waals surface area contributed by atoms with Crippen molar-refractivity contribution >= 4 is 23.3 Å². The monoisotopic (exact) mass is 438 g/mol. The van der Waals surface area contributed by atoms with Crippen LogP contribution in [0.5, 0.6) is 0 Å². The molecule has 4 rings (SSSR count). The molecular weight excluding hydrogens is 417 g/mol. The van der Waals surface area contributed by atoms with Crippen molar-refractivity contribution in [3.05, 3.63) is 58.3 Å². The first-order valence-corrected chi connectivity index (χ1v) is 10.4. The summed E-state index contributed by atoms with van der Waals surface area (Å²) in [7, 11) is 0. The normalized spacial score (nSPS) is 23.8. The number of benzene rings is 1. The van der Waals surface area contributed by atoms with Crippen molar-refractivity contribution in [2.24, 2.45) is 0 Å². The summed E-state index contributed by atoms with van der Waals surface area (Å²) in [5, 5.41) is 3.94. The maximum Gasteiger partial charge on any atom is 0.425 e. The summed E-state index contributed by atoms with van der Waals surface area (Å²) in [4.78, 5) is 31.4. The molecule has 2 aliphatic heterocycles. The standard InChI is InChI=1S/C20H21F3N4O2S/c21-20(22,23)19(15-5-2-1-3-6-15)17(28)27(18(29)24-19)14-26-10-8-25(9-11-26)13-16-7-4-12-30-16/h1-7,12H,8-11,13-14H2,(H,24,29). The minimum atomic E-state index is -4.96. The number of piperazine rings is 1. The Morgan fingerprint density at radius 2 is 1.63 bits per heavy atom. The Morgan fingerprint density at radius 1 is 0.967 bits per heavy atom. The van der Waals surface area contributed by atoms with Crippen molar-refractivity contribution < 1.29 is 22.8 Å². The van der Waals surface area contributed by atoms with E-state index in [4.69, 9.17) is 0 Å². The number of alkyl halides is 3. The molecule has 0 aliphatic carbocycles. The molecule has 0 saturated carbocycles. The van der Waals surface area contributed by atoms with Gasteiger partial charge in [0.1, 0.15) is 0 Å². The van der Waals surface area contributed by atoms with Crippen molar-refractivity contribution in [2.75, 3.05) is 32.8 Å². The van der Waals surface area contributed by atoms with Gasteiger partial charge in [0.15, 0.2) is 0 Å². The second-order valence-electron chi connectivity index (χ2n) is 7.39. The molecule has 3 heterocycles. The highest BCUT2D eigenvalue weighted by Gasteiger charge is 2.68. The van der Waals surface area contributed by atoms with E-state index in [1.54, 1.807) is 17.4 Å². The average Bonchev–Trinajstić information content (AvgIpc) is 3.32. The highest BCUT2D eigenvalue weighted by molar-refractivity contribution is 7.09. The Hall–Kier alpha value is -2.43. The molecule has 160 valence electrons. The molecule has 1 aromatic heterocycles. The number of halogens is 3. The van der Waals surface area contributed by atoms with E-state index in [2.05, 4.69) is 11.0 Å². The summed E-state index contributed by atoms with van der Waals surface area (Å²) >= 11 is 1.68. The lowest BCUT2D eigenvalue weighted by Gasteiger charge is -2.36. The zero-order valence-corrected chi connectivity index (χ0v) is 16.9. The molecule has 3 amide bonds. The SMILES string of the molecule is O=C1NC(c2ccccc2)(C(F)(F)F)C(=O)N1CN1CCN(Cc2cccs2)CC1. The number of hydrogen-bond acceptors (Lipinski definition) is 5. The highest BCUT2D eigenvalue weighted by Crippen LogP contribution is 2.43. The van der Waals surface area contributed by atoms with E-state index >= 15 is 0 Å². The van der Waals surface area contributed by atoms with Crippen LogP contribution >= 0.6 is 11.3 Å². The molecule has 0 radical (unpaired) electrons. The Bertz CT molecular complexity index is 899. The molecule has 1 N–H and O–H groups in total. The molecule has 2 saturated heterocycles. The quantitative estimate of drug-likeness (QED) is 0.730. The van der Waals surface area contributed by atoms with Gasteiger partial charge in [0.05, 0.1) is 6.67 Å². The predicted molar refractivity (Wildman–Crippen MR) is 106 cm³/mol. The maximum atomic E-state index is 14.0. The van der Waals surface area contributed by atoms with Crippen LogP contribution in [-0.4, -0.2) is 65.7 Å². The Kier molecular flexibility index (Phi) is 5.56. The minimum absolute atomic E-state index is 0.165. The first-order valence-electron chi connectivity index (χ1n) is 9.55. The largest absolute Gasteiger partial charge is 0.425 e. The van der Waals surface area contributed by atoms with E-state index in [1.165, 1.54) is 29.1 Å². The number of nitrogens with one attached hydrogen (secondary N) is 1. The summed E-state index contributed by atoms with van der Waals surface area (Å²) in [5.74, 6) is -1.28. The molecule has 10 heteroatoms. The summed E-state index contributed by atoms with van der Waals surface area (Å²) in [5.41, 5.74) is -3.34. The highest BCUT2D eigenvalue weighted by atomic mass is 32.1. The Morgan fingerprint density at radius 3 is 2.23 bits per heavy atom. The van der Waals surface area contributed by atoms with Crippen LogP contribution in [0, 0.1) is 0 Å². The van der Waals surface area contributed by atoms with Crippen LogP contribution in [0.2, 0.25) is 0 Å². The van der Waals surface area contributed by atoms with Gasteiger partial charge in [-0.1, -0.05) is 36.4 Å². The fourth-order valence-corrected chi connectivity index (χ4v) is 4.60. The summed E-state index contributed by atoms with van der Waals surface area (Å²) in [6.45, 7) is 3.21. The molecule has 2 aliphatic rings. The van der Waals surface area contributed by atoms with Crippen LogP contribution < -0.4 is 5.32 Å². The van der Waals surface area contributed by atoms with E-state index in [0.29, 0.717) is 31.1 Å².